The van der Waals surface area contributed by atoms with Crippen LogP contribution < -0.4 is 4.90 Å². The maximum absolute atomic E-state index is 5.62. The van der Waals surface area contributed by atoms with Crippen molar-refractivity contribution in [3.63, 3.8) is 0 Å². The van der Waals surface area contributed by atoms with E-state index in [4.69, 9.17) is 16.0 Å². The predicted molar refractivity (Wildman–Crippen MR) is 64.0 cm³/mol. The van der Waals surface area contributed by atoms with Gasteiger partial charge in [-0.1, -0.05) is 17.9 Å². The summed E-state index contributed by atoms with van der Waals surface area (Å²) in [5.41, 5.74) is 0. The Morgan fingerprint density at radius 2 is 2.12 bits per heavy atom. The van der Waals surface area contributed by atoms with Crippen LogP contribution >= 0.6 is 11.6 Å². The molecule has 0 unspecified atom stereocenters. The molecule has 0 N–H and O–H groups in total. The molecule has 0 spiro atoms. The largest absolute Gasteiger partial charge is 0.408 e. The van der Waals surface area contributed by atoms with Gasteiger partial charge < -0.3 is 9.32 Å². The van der Waals surface area contributed by atoms with Gasteiger partial charge in [0.15, 0.2) is 0 Å². The van der Waals surface area contributed by atoms with E-state index in [1.165, 1.54) is 25.7 Å². The average Bonchev–Trinajstić information content (AvgIpc) is 2.89. The Bertz CT molecular complexity index is 323. The molecule has 16 heavy (non-hydrogen) atoms. The zero-order valence-corrected chi connectivity index (χ0v) is 10.4. The molecule has 1 aromatic heterocycles. The van der Waals surface area contributed by atoms with Gasteiger partial charge in [0.05, 0.1) is 0 Å². The molecule has 0 bridgehead atoms. The highest BCUT2D eigenvalue weighted by Crippen LogP contribution is 2.26. The lowest BCUT2D eigenvalue weighted by atomic mass is 10.1. The number of rotatable bonds is 5. The van der Waals surface area contributed by atoms with E-state index in [-0.39, 0.29) is 0 Å². The van der Waals surface area contributed by atoms with Gasteiger partial charge in [-0.05, 0) is 18.8 Å². The van der Waals surface area contributed by atoms with Crippen LogP contribution in [-0.4, -0.2) is 29.7 Å². The van der Waals surface area contributed by atoms with E-state index in [0.717, 1.165) is 12.5 Å². The lowest BCUT2D eigenvalue weighted by molar-refractivity contribution is 0.471. The van der Waals surface area contributed by atoms with Gasteiger partial charge in [-0.25, -0.2) is 0 Å². The monoisotopic (exact) mass is 243 g/mol. The molecule has 4 nitrogen and oxygen atoms in total. The predicted octanol–water partition coefficient (Wildman–Crippen LogP) is 2.48. The van der Waals surface area contributed by atoms with Crippen LogP contribution in [0.2, 0.25) is 0 Å². The van der Waals surface area contributed by atoms with Crippen LogP contribution in [-0.2, 0) is 6.42 Å². The lowest BCUT2D eigenvalue weighted by Crippen LogP contribution is -2.24. The smallest absolute Gasteiger partial charge is 0.317 e. The van der Waals surface area contributed by atoms with Crippen molar-refractivity contribution in [2.75, 3.05) is 24.4 Å². The molecule has 0 saturated heterocycles. The van der Waals surface area contributed by atoms with Crippen molar-refractivity contribution in [3.8, 4) is 0 Å². The molecule has 0 radical (unpaired) electrons. The average molecular weight is 244 g/mol. The van der Waals surface area contributed by atoms with E-state index in [1.54, 1.807) is 0 Å². The van der Waals surface area contributed by atoms with Gasteiger partial charge in [0.1, 0.15) is 0 Å². The van der Waals surface area contributed by atoms with Gasteiger partial charge >= 0.3 is 6.01 Å². The Balaban J connectivity index is 1.89. The molecule has 1 aliphatic carbocycles. The normalized spacial score (nSPS) is 16.9. The van der Waals surface area contributed by atoms with Crippen LogP contribution in [0.5, 0.6) is 0 Å². The highest BCUT2D eigenvalue weighted by atomic mass is 35.5. The third kappa shape index (κ3) is 2.88. The molecule has 1 aromatic rings. The Morgan fingerprint density at radius 3 is 2.81 bits per heavy atom. The number of aryl methyl sites for hydroxylation is 1. The molecule has 1 heterocycles. The summed E-state index contributed by atoms with van der Waals surface area (Å²) in [6.07, 6.45) is 6.02. The van der Waals surface area contributed by atoms with E-state index < -0.39 is 0 Å². The Kier molecular flexibility index (Phi) is 4.04. The van der Waals surface area contributed by atoms with Gasteiger partial charge in [-0.3, -0.25) is 0 Å². The van der Waals surface area contributed by atoms with Crippen molar-refractivity contribution in [1.29, 1.82) is 0 Å². The third-order valence-electron chi connectivity index (χ3n) is 3.10. The van der Waals surface area contributed by atoms with Crippen molar-refractivity contribution in [1.82, 2.24) is 10.2 Å². The number of hydrogen-bond donors (Lipinski definition) is 0. The van der Waals surface area contributed by atoms with Gasteiger partial charge in [0.25, 0.3) is 0 Å². The quantitative estimate of drug-likeness (QED) is 0.746. The van der Waals surface area contributed by atoms with Crippen LogP contribution in [0.3, 0.4) is 0 Å². The van der Waals surface area contributed by atoms with Gasteiger partial charge in [-0.2, -0.15) is 0 Å². The minimum absolute atomic E-state index is 0.522. The highest BCUT2D eigenvalue weighted by Gasteiger charge is 2.19. The summed E-state index contributed by atoms with van der Waals surface area (Å²) >= 11 is 5.62. The Hall–Kier alpha value is -0.770. The second kappa shape index (κ2) is 5.53. The Morgan fingerprint density at radius 1 is 1.38 bits per heavy atom. The highest BCUT2D eigenvalue weighted by molar-refractivity contribution is 6.17. The first-order valence-electron chi connectivity index (χ1n) is 5.89. The molecule has 1 aliphatic rings. The van der Waals surface area contributed by atoms with Crippen LogP contribution in [0.1, 0.15) is 31.6 Å². The SMILES string of the molecule is CN(CC1CCCC1)c1nnc(CCCl)o1. The van der Waals surface area contributed by atoms with E-state index >= 15 is 0 Å². The number of nitrogens with zero attached hydrogens (tertiary/aromatic N) is 3. The molecule has 2 rings (SSSR count). The summed E-state index contributed by atoms with van der Waals surface area (Å²) in [5.74, 6) is 1.94. The maximum atomic E-state index is 5.62. The zero-order valence-electron chi connectivity index (χ0n) is 9.65. The van der Waals surface area contributed by atoms with E-state index in [2.05, 4.69) is 15.1 Å². The van der Waals surface area contributed by atoms with Crippen LogP contribution in [0.15, 0.2) is 4.42 Å². The number of alkyl halides is 1. The fourth-order valence-corrected chi connectivity index (χ4v) is 2.40. The summed E-state index contributed by atoms with van der Waals surface area (Å²) in [6, 6.07) is 0.618. The standard InChI is InChI=1S/C11H18ClN3O/c1-15(8-9-4-2-3-5-9)11-14-13-10(16-11)6-7-12/h9H,2-8H2,1H3. The second-order valence-corrected chi connectivity index (χ2v) is 4.83. The van der Waals surface area contributed by atoms with Gasteiger partial charge in [0, 0.05) is 25.9 Å². The van der Waals surface area contributed by atoms with Crippen LogP contribution in [0.4, 0.5) is 6.01 Å². The van der Waals surface area contributed by atoms with Crippen molar-refractivity contribution in [3.05, 3.63) is 5.89 Å². The topological polar surface area (TPSA) is 42.2 Å². The minimum atomic E-state index is 0.522. The summed E-state index contributed by atoms with van der Waals surface area (Å²) in [7, 11) is 2.01. The van der Waals surface area contributed by atoms with Gasteiger partial charge in [0.2, 0.25) is 5.89 Å². The first kappa shape index (κ1) is 11.7. The molecule has 5 heteroatoms. The van der Waals surface area contributed by atoms with Gasteiger partial charge in [-0.15, -0.1) is 16.7 Å². The van der Waals surface area contributed by atoms with Crippen molar-refractivity contribution >= 4 is 17.6 Å². The number of anilines is 1. The van der Waals surface area contributed by atoms with Crippen LogP contribution in [0, 0.1) is 5.92 Å². The molecule has 0 amide bonds. The van der Waals surface area contributed by atoms with Crippen molar-refractivity contribution < 1.29 is 4.42 Å². The molecule has 1 saturated carbocycles. The maximum Gasteiger partial charge on any atom is 0.317 e. The molecule has 1 fully saturated rings. The first-order chi connectivity index (χ1) is 7.79. The molecule has 0 aliphatic heterocycles. The summed E-state index contributed by atoms with van der Waals surface area (Å²) in [4.78, 5) is 2.06. The van der Waals surface area contributed by atoms with Crippen LogP contribution in [0.25, 0.3) is 0 Å². The van der Waals surface area contributed by atoms with E-state index in [1.807, 2.05) is 7.05 Å². The summed E-state index contributed by atoms with van der Waals surface area (Å²) in [5, 5.41) is 7.99. The fourth-order valence-electron chi connectivity index (χ4n) is 2.24. The number of aromatic nitrogens is 2. The summed E-state index contributed by atoms with van der Waals surface area (Å²) < 4.78 is 5.52. The van der Waals surface area contributed by atoms with Crippen molar-refractivity contribution in [2.45, 2.75) is 32.1 Å². The summed E-state index contributed by atoms with van der Waals surface area (Å²) in [6.45, 7) is 1.02. The molecule has 0 atom stereocenters. The first-order valence-corrected chi connectivity index (χ1v) is 6.42. The van der Waals surface area contributed by atoms with E-state index in [0.29, 0.717) is 24.2 Å². The minimum Gasteiger partial charge on any atom is -0.408 e. The number of halogens is 1. The molecule has 90 valence electrons. The second-order valence-electron chi connectivity index (χ2n) is 4.45. The van der Waals surface area contributed by atoms with E-state index in [9.17, 15) is 0 Å². The third-order valence-corrected chi connectivity index (χ3v) is 3.29. The zero-order chi connectivity index (χ0) is 11.4. The molecular formula is C11H18ClN3O. The molecular weight excluding hydrogens is 226 g/mol. The lowest BCUT2D eigenvalue weighted by Gasteiger charge is -2.18. The fraction of sp³-hybridized carbons (Fsp3) is 0.818. The van der Waals surface area contributed by atoms with Crippen molar-refractivity contribution in [2.24, 2.45) is 5.92 Å². The Labute approximate surface area is 101 Å². The number of hydrogen-bond acceptors (Lipinski definition) is 4. The molecule has 0 aromatic carbocycles.